The smallest absolute Gasteiger partial charge is 0.0590 e. The minimum absolute atomic E-state index is 0.469. The van der Waals surface area contributed by atoms with E-state index in [4.69, 9.17) is 4.74 Å². The quantitative estimate of drug-likeness (QED) is 0.844. The number of hydrogen-bond donors (Lipinski definition) is 1. The third kappa shape index (κ3) is 3.55. The van der Waals surface area contributed by atoms with E-state index in [9.17, 15) is 0 Å². The molecule has 1 aromatic carbocycles. The highest BCUT2D eigenvalue weighted by molar-refractivity contribution is 5.26. The molecule has 2 unspecified atom stereocenters. The minimum atomic E-state index is 0.469. The number of hydrogen-bond acceptors (Lipinski definition) is 2. The number of rotatable bonds is 5. The molecule has 1 saturated heterocycles. The van der Waals surface area contributed by atoms with Crippen LogP contribution in [0.2, 0.25) is 0 Å². The van der Waals surface area contributed by atoms with Crippen molar-refractivity contribution in [2.24, 2.45) is 0 Å². The maximum absolute atomic E-state index is 5.71. The maximum Gasteiger partial charge on any atom is 0.0590 e. The van der Waals surface area contributed by atoms with Gasteiger partial charge < -0.3 is 10.1 Å². The Labute approximate surface area is 104 Å². The normalized spacial score (nSPS) is 21.6. The second-order valence-corrected chi connectivity index (χ2v) is 4.99. The first-order chi connectivity index (χ1) is 8.29. The summed E-state index contributed by atoms with van der Waals surface area (Å²) >= 11 is 0. The summed E-state index contributed by atoms with van der Waals surface area (Å²) in [6, 6.07) is 9.18. The standard InChI is InChI=1S/C15H23NO/c1-12-6-3-4-7-13(12)10-14(16-2)11-15-8-5-9-17-15/h3-4,6-7,14-16H,5,8-11H2,1-2H3. The van der Waals surface area contributed by atoms with E-state index in [-0.39, 0.29) is 0 Å². The minimum Gasteiger partial charge on any atom is -0.378 e. The Morgan fingerprint density at radius 2 is 2.24 bits per heavy atom. The van der Waals surface area contributed by atoms with E-state index in [1.165, 1.54) is 24.0 Å². The van der Waals surface area contributed by atoms with Crippen LogP contribution < -0.4 is 5.32 Å². The molecule has 1 aliphatic rings. The Hall–Kier alpha value is -0.860. The molecule has 1 heterocycles. The molecule has 0 radical (unpaired) electrons. The molecular weight excluding hydrogens is 210 g/mol. The van der Waals surface area contributed by atoms with Crippen LogP contribution in [-0.4, -0.2) is 25.8 Å². The lowest BCUT2D eigenvalue weighted by Crippen LogP contribution is -2.31. The molecule has 1 fully saturated rings. The zero-order chi connectivity index (χ0) is 12.1. The lowest BCUT2D eigenvalue weighted by molar-refractivity contribution is 0.0954. The van der Waals surface area contributed by atoms with Crippen molar-refractivity contribution in [3.63, 3.8) is 0 Å². The molecule has 94 valence electrons. The highest BCUT2D eigenvalue weighted by Crippen LogP contribution is 2.19. The average molecular weight is 233 g/mol. The van der Waals surface area contributed by atoms with Gasteiger partial charge in [0.15, 0.2) is 0 Å². The predicted octanol–water partition coefficient (Wildman–Crippen LogP) is 2.69. The van der Waals surface area contributed by atoms with Crippen molar-refractivity contribution < 1.29 is 4.74 Å². The van der Waals surface area contributed by atoms with Crippen LogP contribution in [0.3, 0.4) is 0 Å². The monoisotopic (exact) mass is 233 g/mol. The summed E-state index contributed by atoms with van der Waals surface area (Å²) in [5, 5.41) is 3.42. The van der Waals surface area contributed by atoms with Gasteiger partial charge >= 0.3 is 0 Å². The number of nitrogens with one attached hydrogen (secondary N) is 1. The fourth-order valence-corrected chi connectivity index (χ4v) is 2.56. The predicted molar refractivity (Wildman–Crippen MR) is 71.3 cm³/mol. The molecule has 1 aliphatic heterocycles. The Morgan fingerprint density at radius 3 is 2.88 bits per heavy atom. The Bertz CT molecular complexity index is 345. The van der Waals surface area contributed by atoms with E-state index < -0.39 is 0 Å². The molecular formula is C15H23NO. The zero-order valence-corrected chi connectivity index (χ0v) is 10.9. The molecule has 1 N–H and O–H groups in total. The molecule has 0 aromatic heterocycles. The van der Waals surface area contributed by atoms with E-state index >= 15 is 0 Å². The van der Waals surface area contributed by atoms with Gasteiger partial charge in [0, 0.05) is 12.6 Å². The van der Waals surface area contributed by atoms with Crippen LogP contribution in [0.5, 0.6) is 0 Å². The Morgan fingerprint density at radius 1 is 1.41 bits per heavy atom. The lowest BCUT2D eigenvalue weighted by Gasteiger charge is -2.20. The van der Waals surface area contributed by atoms with Crippen molar-refractivity contribution in [3.8, 4) is 0 Å². The summed E-state index contributed by atoms with van der Waals surface area (Å²) in [5.41, 5.74) is 2.84. The van der Waals surface area contributed by atoms with Gasteiger partial charge in [-0.05, 0) is 50.8 Å². The van der Waals surface area contributed by atoms with Gasteiger partial charge in [0.1, 0.15) is 0 Å². The first-order valence-electron chi connectivity index (χ1n) is 6.63. The van der Waals surface area contributed by atoms with Crippen LogP contribution in [0.1, 0.15) is 30.4 Å². The second kappa shape index (κ2) is 6.18. The van der Waals surface area contributed by atoms with Crippen molar-refractivity contribution in [2.75, 3.05) is 13.7 Å². The lowest BCUT2D eigenvalue weighted by atomic mass is 9.97. The van der Waals surface area contributed by atoms with E-state index in [0.717, 1.165) is 19.4 Å². The van der Waals surface area contributed by atoms with E-state index in [2.05, 4.69) is 43.6 Å². The molecule has 2 nitrogen and oxygen atoms in total. The number of aryl methyl sites for hydroxylation is 1. The first kappa shape index (κ1) is 12.6. The fourth-order valence-electron chi connectivity index (χ4n) is 2.56. The summed E-state index contributed by atoms with van der Waals surface area (Å²) in [6.45, 7) is 3.14. The fraction of sp³-hybridized carbons (Fsp3) is 0.600. The summed E-state index contributed by atoms with van der Waals surface area (Å²) < 4.78 is 5.71. The highest BCUT2D eigenvalue weighted by atomic mass is 16.5. The molecule has 17 heavy (non-hydrogen) atoms. The van der Waals surface area contributed by atoms with Gasteiger partial charge in [0.25, 0.3) is 0 Å². The van der Waals surface area contributed by atoms with Crippen molar-refractivity contribution in [1.29, 1.82) is 0 Å². The molecule has 0 aliphatic carbocycles. The molecule has 0 amide bonds. The number of ether oxygens (including phenoxy) is 1. The van der Waals surface area contributed by atoms with Crippen LogP contribution >= 0.6 is 0 Å². The summed E-state index contributed by atoms with van der Waals surface area (Å²) in [6.07, 6.45) is 5.15. The molecule has 2 rings (SSSR count). The van der Waals surface area contributed by atoms with E-state index in [1.807, 2.05) is 0 Å². The van der Waals surface area contributed by atoms with Crippen LogP contribution in [-0.2, 0) is 11.2 Å². The third-order valence-electron chi connectivity index (χ3n) is 3.71. The summed E-state index contributed by atoms with van der Waals surface area (Å²) in [7, 11) is 2.05. The van der Waals surface area contributed by atoms with Crippen LogP contribution in [0.4, 0.5) is 0 Å². The van der Waals surface area contributed by atoms with Crippen molar-refractivity contribution in [1.82, 2.24) is 5.32 Å². The van der Waals surface area contributed by atoms with Crippen molar-refractivity contribution in [3.05, 3.63) is 35.4 Å². The summed E-state index contributed by atoms with van der Waals surface area (Å²) in [4.78, 5) is 0. The Balaban J connectivity index is 1.92. The molecule has 0 bridgehead atoms. The number of benzene rings is 1. The number of likely N-dealkylation sites (N-methyl/N-ethyl adjacent to an activating group) is 1. The topological polar surface area (TPSA) is 21.3 Å². The maximum atomic E-state index is 5.71. The van der Waals surface area contributed by atoms with Gasteiger partial charge in [0.2, 0.25) is 0 Å². The van der Waals surface area contributed by atoms with Gasteiger partial charge in [-0.2, -0.15) is 0 Å². The summed E-state index contributed by atoms with van der Waals surface area (Å²) in [5.74, 6) is 0. The van der Waals surface area contributed by atoms with Gasteiger partial charge in [-0.3, -0.25) is 0 Å². The van der Waals surface area contributed by atoms with Crippen LogP contribution in [0.15, 0.2) is 24.3 Å². The molecule has 0 saturated carbocycles. The zero-order valence-electron chi connectivity index (χ0n) is 10.9. The van der Waals surface area contributed by atoms with Gasteiger partial charge in [-0.15, -0.1) is 0 Å². The van der Waals surface area contributed by atoms with Crippen LogP contribution in [0, 0.1) is 6.92 Å². The average Bonchev–Trinajstić information content (AvgIpc) is 2.84. The van der Waals surface area contributed by atoms with Crippen molar-refractivity contribution >= 4 is 0 Å². The second-order valence-electron chi connectivity index (χ2n) is 4.99. The molecule has 0 spiro atoms. The van der Waals surface area contributed by atoms with Gasteiger partial charge in [-0.25, -0.2) is 0 Å². The van der Waals surface area contributed by atoms with Crippen molar-refractivity contribution in [2.45, 2.75) is 44.8 Å². The highest BCUT2D eigenvalue weighted by Gasteiger charge is 2.20. The van der Waals surface area contributed by atoms with E-state index in [0.29, 0.717) is 12.1 Å². The molecule has 2 heteroatoms. The van der Waals surface area contributed by atoms with E-state index in [1.54, 1.807) is 0 Å². The largest absolute Gasteiger partial charge is 0.378 e. The van der Waals surface area contributed by atoms with Gasteiger partial charge in [-0.1, -0.05) is 24.3 Å². The molecule has 1 aromatic rings. The third-order valence-corrected chi connectivity index (χ3v) is 3.71. The van der Waals surface area contributed by atoms with Crippen LogP contribution in [0.25, 0.3) is 0 Å². The van der Waals surface area contributed by atoms with Gasteiger partial charge in [0.05, 0.1) is 6.10 Å². The first-order valence-corrected chi connectivity index (χ1v) is 6.63. The molecule has 2 atom stereocenters. The Kier molecular flexibility index (Phi) is 4.57. The SMILES string of the molecule is CNC(Cc1ccccc1C)CC1CCCO1.